The Morgan fingerprint density at radius 3 is 2.67 bits per heavy atom. The summed E-state index contributed by atoms with van der Waals surface area (Å²) in [6.07, 6.45) is 3.35. The van der Waals surface area contributed by atoms with Crippen LogP contribution in [0.25, 0.3) is 6.08 Å². The molecule has 3 nitrogen and oxygen atoms in total. The van der Waals surface area contributed by atoms with E-state index in [-0.39, 0.29) is 12.5 Å². The smallest absolute Gasteiger partial charge is 0.244 e. The molecule has 0 radical (unpaired) electrons. The second-order valence-electron chi connectivity index (χ2n) is 4.89. The first-order chi connectivity index (χ1) is 10.2. The number of aryl methyl sites for hydroxylation is 1. The van der Waals surface area contributed by atoms with E-state index in [0.29, 0.717) is 6.54 Å². The lowest BCUT2D eigenvalue weighted by atomic mass is 10.1. The van der Waals surface area contributed by atoms with E-state index >= 15 is 0 Å². The number of rotatable bonds is 5. The highest BCUT2D eigenvalue weighted by molar-refractivity contribution is 5.91. The zero-order chi connectivity index (χ0) is 15.1. The second-order valence-corrected chi connectivity index (χ2v) is 4.89. The van der Waals surface area contributed by atoms with Crippen LogP contribution in [0, 0.1) is 6.92 Å². The van der Waals surface area contributed by atoms with Crippen LogP contribution < -0.4 is 5.32 Å². The first-order valence-electron chi connectivity index (χ1n) is 6.89. The fourth-order valence-electron chi connectivity index (χ4n) is 2.03. The summed E-state index contributed by atoms with van der Waals surface area (Å²) in [5.41, 5.74) is 3.99. The average Bonchev–Trinajstić information content (AvgIpc) is 2.52. The van der Waals surface area contributed by atoms with E-state index in [0.717, 1.165) is 22.3 Å². The maximum atomic E-state index is 11.8. The molecule has 3 heteroatoms. The van der Waals surface area contributed by atoms with Crippen LogP contribution in [0.15, 0.2) is 54.6 Å². The van der Waals surface area contributed by atoms with Gasteiger partial charge in [0.15, 0.2) is 0 Å². The topological polar surface area (TPSA) is 49.3 Å². The third kappa shape index (κ3) is 4.58. The Bertz CT molecular complexity index is 647. The predicted molar refractivity (Wildman–Crippen MR) is 84.4 cm³/mol. The number of aliphatic hydroxyl groups is 1. The van der Waals surface area contributed by atoms with Crippen LogP contribution in [0.1, 0.15) is 22.3 Å². The Balaban J connectivity index is 1.91. The van der Waals surface area contributed by atoms with Crippen molar-refractivity contribution in [1.82, 2.24) is 5.32 Å². The van der Waals surface area contributed by atoms with Gasteiger partial charge in [-0.05, 0) is 35.3 Å². The Labute approximate surface area is 124 Å². The number of carbonyl (C=O) groups excluding carboxylic acids is 1. The molecule has 2 aromatic rings. The van der Waals surface area contributed by atoms with Crippen LogP contribution in [-0.2, 0) is 17.9 Å². The molecule has 0 saturated heterocycles. The van der Waals surface area contributed by atoms with E-state index in [1.165, 1.54) is 6.08 Å². The Morgan fingerprint density at radius 1 is 1.14 bits per heavy atom. The van der Waals surface area contributed by atoms with Gasteiger partial charge in [0.2, 0.25) is 5.91 Å². The Morgan fingerprint density at radius 2 is 1.90 bits per heavy atom. The van der Waals surface area contributed by atoms with Crippen LogP contribution in [0.4, 0.5) is 0 Å². The van der Waals surface area contributed by atoms with Crippen LogP contribution in [0.2, 0.25) is 0 Å². The molecule has 2 aromatic carbocycles. The molecule has 0 fully saturated rings. The highest BCUT2D eigenvalue weighted by atomic mass is 16.3. The predicted octanol–water partition coefficient (Wildman–Crippen LogP) is 2.82. The van der Waals surface area contributed by atoms with Crippen molar-refractivity contribution < 1.29 is 9.90 Å². The normalized spacial score (nSPS) is 10.8. The third-order valence-corrected chi connectivity index (χ3v) is 3.24. The SMILES string of the molecule is Cc1ccccc1C=CC(=O)NCc1cccc(CO)c1. The maximum absolute atomic E-state index is 11.8. The van der Waals surface area contributed by atoms with Crippen molar-refractivity contribution in [1.29, 1.82) is 0 Å². The summed E-state index contributed by atoms with van der Waals surface area (Å²) in [5.74, 6) is -0.132. The molecule has 108 valence electrons. The van der Waals surface area contributed by atoms with E-state index in [1.807, 2.05) is 61.5 Å². The van der Waals surface area contributed by atoms with Gasteiger partial charge in [0.25, 0.3) is 0 Å². The Kier molecular flexibility index (Phi) is 5.29. The molecule has 0 unspecified atom stereocenters. The summed E-state index contributed by atoms with van der Waals surface area (Å²) in [4.78, 5) is 11.8. The van der Waals surface area contributed by atoms with Crippen LogP contribution in [0.5, 0.6) is 0 Å². The monoisotopic (exact) mass is 281 g/mol. The summed E-state index contributed by atoms with van der Waals surface area (Å²) in [7, 11) is 0. The fraction of sp³-hybridized carbons (Fsp3) is 0.167. The third-order valence-electron chi connectivity index (χ3n) is 3.24. The van der Waals surface area contributed by atoms with Crippen molar-refractivity contribution in [2.75, 3.05) is 0 Å². The molecule has 0 aliphatic rings. The van der Waals surface area contributed by atoms with Gasteiger partial charge in [-0.15, -0.1) is 0 Å². The zero-order valence-electron chi connectivity index (χ0n) is 12.0. The first-order valence-corrected chi connectivity index (χ1v) is 6.89. The van der Waals surface area contributed by atoms with E-state index in [1.54, 1.807) is 0 Å². The number of hydrogen-bond acceptors (Lipinski definition) is 2. The molecular weight excluding hydrogens is 262 g/mol. The van der Waals surface area contributed by atoms with Gasteiger partial charge in [0.1, 0.15) is 0 Å². The first kappa shape index (κ1) is 15.0. The summed E-state index contributed by atoms with van der Waals surface area (Å²) in [5, 5.41) is 11.9. The van der Waals surface area contributed by atoms with Crippen molar-refractivity contribution in [2.24, 2.45) is 0 Å². The van der Waals surface area contributed by atoms with Crippen molar-refractivity contribution in [3.63, 3.8) is 0 Å². The molecule has 0 aliphatic carbocycles. The van der Waals surface area contributed by atoms with Crippen molar-refractivity contribution in [2.45, 2.75) is 20.1 Å². The van der Waals surface area contributed by atoms with Crippen molar-refractivity contribution >= 4 is 12.0 Å². The number of nitrogens with one attached hydrogen (secondary N) is 1. The molecule has 2 rings (SSSR count). The molecule has 0 spiro atoms. The van der Waals surface area contributed by atoms with Gasteiger partial charge in [-0.2, -0.15) is 0 Å². The summed E-state index contributed by atoms with van der Waals surface area (Å²) in [6.45, 7) is 2.47. The summed E-state index contributed by atoms with van der Waals surface area (Å²) in [6, 6.07) is 15.4. The number of carbonyl (C=O) groups is 1. The molecule has 0 saturated carbocycles. The van der Waals surface area contributed by atoms with E-state index in [4.69, 9.17) is 5.11 Å². The minimum Gasteiger partial charge on any atom is -0.392 e. The lowest BCUT2D eigenvalue weighted by molar-refractivity contribution is -0.116. The fourth-order valence-corrected chi connectivity index (χ4v) is 2.03. The molecule has 0 aliphatic heterocycles. The van der Waals surface area contributed by atoms with Crippen molar-refractivity contribution in [3.8, 4) is 0 Å². The lowest BCUT2D eigenvalue weighted by Gasteiger charge is -2.04. The van der Waals surface area contributed by atoms with E-state index in [9.17, 15) is 4.79 Å². The highest BCUT2D eigenvalue weighted by Gasteiger charge is 1.99. The van der Waals surface area contributed by atoms with Gasteiger partial charge in [-0.1, -0.05) is 48.5 Å². The quantitative estimate of drug-likeness (QED) is 0.828. The largest absolute Gasteiger partial charge is 0.392 e. The van der Waals surface area contributed by atoms with Crippen LogP contribution >= 0.6 is 0 Å². The molecule has 0 bridgehead atoms. The standard InChI is InChI=1S/C18H19NO2/c1-14-5-2-3-8-17(14)9-10-18(21)19-12-15-6-4-7-16(11-15)13-20/h2-11,20H,12-13H2,1H3,(H,19,21). The van der Waals surface area contributed by atoms with Gasteiger partial charge in [-0.25, -0.2) is 0 Å². The molecule has 2 N–H and O–H groups in total. The second kappa shape index (κ2) is 7.41. The highest BCUT2D eigenvalue weighted by Crippen LogP contribution is 2.09. The molecule has 0 aromatic heterocycles. The maximum Gasteiger partial charge on any atom is 0.244 e. The van der Waals surface area contributed by atoms with Crippen LogP contribution in [0.3, 0.4) is 0 Å². The number of amides is 1. The number of benzene rings is 2. The van der Waals surface area contributed by atoms with Crippen molar-refractivity contribution in [3.05, 3.63) is 76.9 Å². The van der Waals surface area contributed by atoms with Gasteiger partial charge in [-0.3, -0.25) is 4.79 Å². The molecule has 0 heterocycles. The minimum absolute atomic E-state index is 0.00890. The summed E-state index contributed by atoms with van der Waals surface area (Å²) < 4.78 is 0. The van der Waals surface area contributed by atoms with E-state index < -0.39 is 0 Å². The average molecular weight is 281 g/mol. The zero-order valence-corrected chi connectivity index (χ0v) is 12.0. The minimum atomic E-state index is -0.132. The van der Waals surface area contributed by atoms with E-state index in [2.05, 4.69) is 5.32 Å². The number of hydrogen-bond donors (Lipinski definition) is 2. The molecule has 1 amide bonds. The summed E-state index contributed by atoms with van der Waals surface area (Å²) >= 11 is 0. The lowest BCUT2D eigenvalue weighted by Crippen LogP contribution is -2.20. The van der Waals surface area contributed by atoms with Gasteiger partial charge >= 0.3 is 0 Å². The van der Waals surface area contributed by atoms with Gasteiger partial charge < -0.3 is 10.4 Å². The molecule has 21 heavy (non-hydrogen) atoms. The van der Waals surface area contributed by atoms with Crippen LogP contribution in [-0.4, -0.2) is 11.0 Å². The molecule has 0 atom stereocenters. The van der Waals surface area contributed by atoms with Gasteiger partial charge in [0.05, 0.1) is 6.61 Å². The molecular formula is C18H19NO2. The Hall–Kier alpha value is -2.39. The number of aliphatic hydroxyl groups excluding tert-OH is 1. The van der Waals surface area contributed by atoms with Gasteiger partial charge in [0, 0.05) is 12.6 Å².